The number of hydrogen-bond acceptors (Lipinski definition) is 1. The first-order chi connectivity index (χ1) is 7.85. The van der Waals surface area contributed by atoms with Crippen LogP contribution in [0.5, 0.6) is 0 Å². The predicted octanol–water partition coefficient (Wildman–Crippen LogP) is 4.41. The van der Waals surface area contributed by atoms with Crippen molar-refractivity contribution in [3.63, 3.8) is 0 Å². The molecule has 2 fully saturated rings. The van der Waals surface area contributed by atoms with E-state index in [9.17, 15) is 8.78 Å². The minimum Gasteiger partial charge on any atom is -0.378 e. The average molecular weight is 246 g/mol. The summed E-state index contributed by atoms with van der Waals surface area (Å²) < 4.78 is 33.3. The molecular formula is C14H24F2O. The topological polar surface area (TPSA) is 9.23 Å². The second-order valence-electron chi connectivity index (χ2n) is 6.34. The lowest BCUT2D eigenvalue weighted by Gasteiger charge is -2.39. The number of hydrogen-bond donors (Lipinski definition) is 0. The third-order valence-corrected chi connectivity index (χ3v) is 5.00. The summed E-state index contributed by atoms with van der Waals surface area (Å²) in [6.07, 6.45) is 4.09. The highest BCUT2D eigenvalue weighted by Crippen LogP contribution is 2.68. The number of alkyl halides is 2. The van der Waals surface area contributed by atoms with E-state index in [0.29, 0.717) is 6.61 Å². The van der Waals surface area contributed by atoms with Gasteiger partial charge >= 0.3 is 0 Å². The highest BCUT2D eigenvalue weighted by atomic mass is 19.3. The summed E-state index contributed by atoms with van der Waals surface area (Å²) in [6.45, 7) is 6.55. The fraction of sp³-hybridized carbons (Fsp3) is 1.00. The molecule has 2 aliphatic carbocycles. The van der Waals surface area contributed by atoms with Gasteiger partial charge in [0.2, 0.25) is 5.92 Å². The van der Waals surface area contributed by atoms with E-state index >= 15 is 0 Å². The van der Waals surface area contributed by atoms with Crippen LogP contribution in [0.1, 0.15) is 59.3 Å². The SMILES string of the molecule is CCC12CCCC1(COC(C)C)CC(F)(F)C2. The molecule has 0 spiro atoms. The molecule has 17 heavy (non-hydrogen) atoms. The van der Waals surface area contributed by atoms with Crippen LogP contribution in [-0.4, -0.2) is 18.6 Å². The van der Waals surface area contributed by atoms with Crippen molar-refractivity contribution < 1.29 is 13.5 Å². The van der Waals surface area contributed by atoms with Crippen molar-refractivity contribution in [1.29, 1.82) is 0 Å². The second kappa shape index (κ2) is 4.18. The zero-order valence-electron chi connectivity index (χ0n) is 11.2. The standard InChI is InChI=1S/C14H24F2O/c1-4-12-6-5-7-13(12,10-17-11(2)3)9-14(15,16)8-12/h11H,4-10H2,1-3H3. The Morgan fingerprint density at radius 1 is 1.12 bits per heavy atom. The molecule has 0 aliphatic heterocycles. The van der Waals surface area contributed by atoms with Crippen LogP contribution in [0.2, 0.25) is 0 Å². The minimum atomic E-state index is -2.48. The first kappa shape index (κ1) is 13.3. The van der Waals surface area contributed by atoms with Crippen molar-refractivity contribution in [2.75, 3.05) is 6.61 Å². The van der Waals surface area contributed by atoms with E-state index in [4.69, 9.17) is 4.74 Å². The Hall–Kier alpha value is -0.180. The van der Waals surface area contributed by atoms with Gasteiger partial charge in [0.05, 0.1) is 12.7 Å². The van der Waals surface area contributed by atoms with Crippen LogP contribution in [0.3, 0.4) is 0 Å². The normalized spacial score (nSPS) is 39.9. The van der Waals surface area contributed by atoms with Crippen LogP contribution in [0.15, 0.2) is 0 Å². The number of rotatable bonds is 4. The molecule has 2 atom stereocenters. The summed E-state index contributed by atoms with van der Waals surface area (Å²) in [5.74, 6) is -2.48. The van der Waals surface area contributed by atoms with Crippen LogP contribution in [0.4, 0.5) is 8.78 Å². The molecule has 0 aromatic carbocycles. The Bertz CT molecular complexity index is 290. The molecule has 0 saturated heterocycles. The lowest BCUT2D eigenvalue weighted by molar-refractivity contribution is -0.0447. The van der Waals surface area contributed by atoms with Crippen molar-refractivity contribution in [2.45, 2.75) is 71.3 Å². The monoisotopic (exact) mass is 246 g/mol. The predicted molar refractivity (Wildman–Crippen MR) is 64.3 cm³/mol. The Morgan fingerprint density at radius 2 is 1.71 bits per heavy atom. The molecule has 3 heteroatoms. The summed E-state index contributed by atoms with van der Waals surface area (Å²) in [5, 5.41) is 0. The zero-order valence-corrected chi connectivity index (χ0v) is 11.2. The highest BCUT2D eigenvalue weighted by molar-refractivity contribution is 5.11. The molecule has 0 amide bonds. The van der Waals surface area contributed by atoms with Gasteiger partial charge < -0.3 is 4.74 Å². The van der Waals surface area contributed by atoms with Gasteiger partial charge in [-0.3, -0.25) is 0 Å². The van der Waals surface area contributed by atoms with E-state index in [1.807, 2.05) is 13.8 Å². The minimum absolute atomic E-state index is 0.0422. The van der Waals surface area contributed by atoms with Gasteiger partial charge in [-0.05, 0) is 38.5 Å². The molecule has 0 bridgehead atoms. The van der Waals surface area contributed by atoms with Crippen LogP contribution < -0.4 is 0 Å². The number of ether oxygens (including phenoxy) is 1. The third-order valence-electron chi connectivity index (χ3n) is 5.00. The molecular weight excluding hydrogens is 222 g/mol. The van der Waals surface area contributed by atoms with Crippen molar-refractivity contribution in [3.8, 4) is 0 Å². The molecule has 0 heterocycles. The zero-order chi connectivity index (χ0) is 12.7. The summed E-state index contributed by atoms with van der Waals surface area (Å²) in [7, 11) is 0. The van der Waals surface area contributed by atoms with Gasteiger partial charge in [-0.15, -0.1) is 0 Å². The van der Waals surface area contributed by atoms with E-state index < -0.39 is 5.92 Å². The second-order valence-corrected chi connectivity index (χ2v) is 6.34. The summed E-state index contributed by atoms with van der Waals surface area (Å²) in [4.78, 5) is 0. The van der Waals surface area contributed by atoms with Crippen molar-refractivity contribution >= 4 is 0 Å². The van der Waals surface area contributed by atoms with E-state index in [-0.39, 0.29) is 29.8 Å². The lowest BCUT2D eigenvalue weighted by Crippen LogP contribution is -2.37. The van der Waals surface area contributed by atoms with Gasteiger partial charge in [-0.1, -0.05) is 13.3 Å². The average Bonchev–Trinajstić information content (AvgIpc) is 2.63. The fourth-order valence-electron chi connectivity index (χ4n) is 4.18. The lowest BCUT2D eigenvalue weighted by atomic mass is 9.67. The Labute approximate surface area is 103 Å². The van der Waals surface area contributed by atoms with E-state index in [0.717, 1.165) is 25.7 Å². The van der Waals surface area contributed by atoms with Crippen molar-refractivity contribution in [2.24, 2.45) is 10.8 Å². The van der Waals surface area contributed by atoms with E-state index in [1.54, 1.807) is 0 Å². The van der Waals surface area contributed by atoms with Crippen molar-refractivity contribution in [3.05, 3.63) is 0 Å². The fourth-order valence-corrected chi connectivity index (χ4v) is 4.18. The molecule has 2 unspecified atom stereocenters. The molecule has 0 aromatic heterocycles. The smallest absolute Gasteiger partial charge is 0.249 e. The Kier molecular flexibility index (Phi) is 3.26. The quantitative estimate of drug-likeness (QED) is 0.714. The van der Waals surface area contributed by atoms with Gasteiger partial charge in [-0.2, -0.15) is 0 Å². The number of fused-ring (bicyclic) bond motifs is 1. The largest absolute Gasteiger partial charge is 0.378 e. The summed E-state index contributed by atoms with van der Waals surface area (Å²) in [6, 6.07) is 0. The molecule has 0 N–H and O–H groups in total. The summed E-state index contributed by atoms with van der Waals surface area (Å²) in [5.41, 5.74) is -0.416. The maximum absolute atomic E-state index is 13.8. The van der Waals surface area contributed by atoms with Gasteiger partial charge in [0.1, 0.15) is 0 Å². The number of halogens is 2. The first-order valence-corrected chi connectivity index (χ1v) is 6.84. The van der Waals surface area contributed by atoms with Gasteiger partial charge in [-0.25, -0.2) is 8.78 Å². The van der Waals surface area contributed by atoms with Gasteiger partial charge in [0, 0.05) is 18.3 Å². The maximum atomic E-state index is 13.8. The van der Waals surface area contributed by atoms with E-state index in [2.05, 4.69) is 6.92 Å². The summed E-state index contributed by atoms with van der Waals surface area (Å²) >= 11 is 0. The Balaban J connectivity index is 2.21. The van der Waals surface area contributed by atoms with Crippen LogP contribution in [-0.2, 0) is 4.74 Å². The molecule has 2 aliphatic rings. The van der Waals surface area contributed by atoms with Crippen molar-refractivity contribution in [1.82, 2.24) is 0 Å². The molecule has 1 nitrogen and oxygen atoms in total. The molecule has 2 saturated carbocycles. The third kappa shape index (κ3) is 2.11. The highest BCUT2D eigenvalue weighted by Gasteiger charge is 2.65. The van der Waals surface area contributed by atoms with E-state index in [1.165, 1.54) is 0 Å². The van der Waals surface area contributed by atoms with Gasteiger partial charge in [0.25, 0.3) is 0 Å². The van der Waals surface area contributed by atoms with Crippen LogP contribution in [0.25, 0.3) is 0 Å². The molecule has 0 aromatic rings. The molecule has 100 valence electrons. The first-order valence-electron chi connectivity index (χ1n) is 6.84. The van der Waals surface area contributed by atoms with Gasteiger partial charge in [0.15, 0.2) is 0 Å². The Morgan fingerprint density at radius 3 is 2.29 bits per heavy atom. The molecule has 2 rings (SSSR count). The van der Waals surface area contributed by atoms with Crippen LogP contribution in [0, 0.1) is 10.8 Å². The van der Waals surface area contributed by atoms with Crippen LogP contribution >= 0.6 is 0 Å². The molecule has 0 radical (unpaired) electrons. The maximum Gasteiger partial charge on any atom is 0.249 e.